The van der Waals surface area contributed by atoms with Crippen molar-refractivity contribution in [3.8, 4) is 5.75 Å². The van der Waals surface area contributed by atoms with Gasteiger partial charge in [0.25, 0.3) is 5.91 Å². The highest BCUT2D eigenvalue weighted by Gasteiger charge is 2.10. The van der Waals surface area contributed by atoms with Crippen molar-refractivity contribution in [1.82, 2.24) is 10.3 Å². The van der Waals surface area contributed by atoms with Crippen molar-refractivity contribution in [2.24, 2.45) is 0 Å². The molecule has 0 fully saturated rings. The van der Waals surface area contributed by atoms with Gasteiger partial charge in [0.1, 0.15) is 0 Å². The van der Waals surface area contributed by atoms with E-state index in [1.54, 1.807) is 0 Å². The van der Waals surface area contributed by atoms with Crippen LogP contribution in [0, 0.1) is 0 Å². The molecule has 0 aromatic carbocycles. The molecule has 0 bridgehead atoms. The van der Waals surface area contributed by atoms with Gasteiger partial charge in [-0.05, 0) is 12.5 Å². The molecule has 0 aliphatic carbocycles. The van der Waals surface area contributed by atoms with Crippen molar-refractivity contribution < 1.29 is 14.7 Å². The summed E-state index contributed by atoms with van der Waals surface area (Å²) in [6.45, 7) is 3.93. The molecule has 1 aromatic rings. The van der Waals surface area contributed by atoms with E-state index in [1.807, 2.05) is 6.92 Å². The topological polar surface area (TPSA) is 91.3 Å². The van der Waals surface area contributed by atoms with Gasteiger partial charge >= 0.3 is 0 Å². The number of nitrogens with one attached hydrogen (secondary N) is 2. The van der Waals surface area contributed by atoms with Crippen LogP contribution >= 0.6 is 0 Å². The summed E-state index contributed by atoms with van der Waals surface area (Å²) in [6.07, 6.45) is 3.20. The summed E-state index contributed by atoms with van der Waals surface area (Å²) in [5.74, 6) is -0.806. The van der Waals surface area contributed by atoms with Crippen LogP contribution in [-0.2, 0) is 4.79 Å². The Morgan fingerprint density at radius 1 is 1.44 bits per heavy atom. The summed E-state index contributed by atoms with van der Waals surface area (Å²) in [5, 5.41) is 14.7. The highest BCUT2D eigenvalue weighted by molar-refractivity contribution is 5.95. The predicted octanol–water partition coefficient (Wildman–Crippen LogP) is 1.28. The van der Waals surface area contributed by atoms with Gasteiger partial charge in [-0.3, -0.25) is 9.59 Å². The van der Waals surface area contributed by atoms with E-state index in [0.29, 0.717) is 6.54 Å². The highest BCUT2D eigenvalue weighted by Crippen LogP contribution is 2.20. The van der Waals surface area contributed by atoms with E-state index in [4.69, 9.17) is 0 Å². The van der Waals surface area contributed by atoms with Crippen molar-refractivity contribution in [2.75, 3.05) is 11.9 Å². The summed E-state index contributed by atoms with van der Waals surface area (Å²) in [4.78, 5) is 26.3. The minimum absolute atomic E-state index is 0.0487. The maximum absolute atomic E-state index is 11.7. The van der Waals surface area contributed by atoms with E-state index >= 15 is 0 Å². The Bertz CT molecular complexity index is 446. The molecular weight excluding hydrogens is 234 g/mol. The molecule has 3 N–H and O–H groups in total. The number of hydrogen-bond acceptors (Lipinski definition) is 4. The number of nitrogens with zero attached hydrogens (tertiary/aromatic N) is 1. The zero-order valence-electron chi connectivity index (χ0n) is 10.5. The summed E-state index contributed by atoms with van der Waals surface area (Å²) in [5.41, 5.74) is 0.262. The molecule has 1 heterocycles. The summed E-state index contributed by atoms with van der Waals surface area (Å²) < 4.78 is 0. The Kier molecular flexibility index (Phi) is 5.10. The van der Waals surface area contributed by atoms with Crippen LogP contribution in [0.15, 0.2) is 12.3 Å². The van der Waals surface area contributed by atoms with Crippen LogP contribution in [-0.4, -0.2) is 28.4 Å². The van der Waals surface area contributed by atoms with E-state index in [9.17, 15) is 14.7 Å². The number of rotatable bonds is 5. The Balaban J connectivity index is 2.71. The van der Waals surface area contributed by atoms with E-state index in [0.717, 1.165) is 12.8 Å². The van der Waals surface area contributed by atoms with Crippen LogP contribution in [0.5, 0.6) is 5.75 Å². The molecule has 6 heteroatoms. The number of aromatic nitrogens is 1. The van der Waals surface area contributed by atoms with Gasteiger partial charge in [0.2, 0.25) is 5.91 Å². The maximum Gasteiger partial charge on any atom is 0.252 e. The number of pyridine rings is 1. The zero-order valence-corrected chi connectivity index (χ0v) is 10.5. The highest BCUT2D eigenvalue weighted by atomic mass is 16.3. The van der Waals surface area contributed by atoms with Gasteiger partial charge in [-0.15, -0.1) is 0 Å². The van der Waals surface area contributed by atoms with E-state index in [1.165, 1.54) is 19.2 Å². The number of amides is 2. The lowest BCUT2D eigenvalue weighted by Gasteiger charge is -2.07. The fourth-order valence-electron chi connectivity index (χ4n) is 1.32. The average molecular weight is 251 g/mol. The van der Waals surface area contributed by atoms with Gasteiger partial charge in [0.05, 0.1) is 5.56 Å². The van der Waals surface area contributed by atoms with Gasteiger partial charge < -0.3 is 15.7 Å². The molecule has 0 aliphatic heterocycles. The molecule has 6 nitrogen and oxygen atoms in total. The molecule has 98 valence electrons. The first-order valence-corrected chi connectivity index (χ1v) is 5.79. The number of carbonyl (C=O) groups excluding carboxylic acids is 2. The van der Waals surface area contributed by atoms with E-state index in [2.05, 4.69) is 15.6 Å². The van der Waals surface area contributed by atoms with Crippen LogP contribution in [0.3, 0.4) is 0 Å². The van der Waals surface area contributed by atoms with Crippen LogP contribution in [0.2, 0.25) is 0 Å². The molecular formula is C12H17N3O3. The first kappa shape index (κ1) is 14.0. The zero-order chi connectivity index (χ0) is 13.5. The molecule has 0 saturated heterocycles. The maximum atomic E-state index is 11.7. The summed E-state index contributed by atoms with van der Waals surface area (Å²) in [7, 11) is 0. The number of unbranched alkanes of at least 4 members (excludes halogenated alkanes) is 1. The van der Waals surface area contributed by atoms with E-state index < -0.39 is 0 Å². The van der Waals surface area contributed by atoms with Crippen molar-refractivity contribution in [3.05, 3.63) is 17.8 Å². The molecule has 0 unspecified atom stereocenters. The average Bonchev–Trinajstić information content (AvgIpc) is 2.31. The SMILES string of the molecule is CCCCNC(=O)c1cnc(NC(C)=O)c(O)c1. The van der Waals surface area contributed by atoms with Gasteiger partial charge in [0.15, 0.2) is 11.6 Å². The minimum atomic E-state index is -0.335. The van der Waals surface area contributed by atoms with Gasteiger partial charge in [-0.25, -0.2) is 4.98 Å². The number of carbonyl (C=O) groups is 2. The minimum Gasteiger partial charge on any atom is -0.504 e. The van der Waals surface area contributed by atoms with Gasteiger partial charge in [0, 0.05) is 19.7 Å². The lowest BCUT2D eigenvalue weighted by Crippen LogP contribution is -2.24. The van der Waals surface area contributed by atoms with E-state index in [-0.39, 0.29) is 28.9 Å². The first-order chi connectivity index (χ1) is 8.54. The molecule has 0 spiro atoms. The Morgan fingerprint density at radius 3 is 2.72 bits per heavy atom. The van der Waals surface area contributed by atoms with Crippen molar-refractivity contribution >= 4 is 17.6 Å². The Labute approximate surface area is 105 Å². The monoisotopic (exact) mass is 251 g/mol. The third kappa shape index (κ3) is 4.04. The van der Waals surface area contributed by atoms with Crippen LogP contribution in [0.25, 0.3) is 0 Å². The normalized spacial score (nSPS) is 9.89. The molecule has 0 aliphatic rings. The second-order valence-electron chi connectivity index (χ2n) is 3.88. The second kappa shape index (κ2) is 6.58. The Morgan fingerprint density at radius 2 is 2.17 bits per heavy atom. The standard InChI is InChI=1S/C12H17N3O3/c1-3-4-5-13-12(18)9-6-10(17)11(14-7-9)15-8(2)16/h6-7,17H,3-5H2,1-2H3,(H,13,18)(H,14,15,16). The fraction of sp³-hybridized carbons (Fsp3) is 0.417. The Hall–Kier alpha value is -2.11. The van der Waals surface area contributed by atoms with Crippen LogP contribution < -0.4 is 10.6 Å². The van der Waals surface area contributed by atoms with Crippen LogP contribution in [0.4, 0.5) is 5.82 Å². The second-order valence-corrected chi connectivity index (χ2v) is 3.88. The van der Waals surface area contributed by atoms with Gasteiger partial charge in [-0.2, -0.15) is 0 Å². The van der Waals surface area contributed by atoms with Crippen molar-refractivity contribution in [2.45, 2.75) is 26.7 Å². The molecule has 1 rings (SSSR count). The molecule has 0 saturated carbocycles. The molecule has 18 heavy (non-hydrogen) atoms. The van der Waals surface area contributed by atoms with Crippen LogP contribution in [0.1, 0.15) is 37.0 Å². The van der Waals surface area contributed by atoms with Crippen molar-refractivity contribution in [1.29, 1.82) is 0 Å². The third-order valence-corrected chi connectivity index (χ3v) is 2.24. The predicted molar refractivity (Wildman–Crippen MR) is 67.4 cm³/mol. The third-order valence-electron chi connectivity index (χ3n) is 2.24. The largest absolute Gasteiger partial charge is 0.504 e. The molecule has 0 radical (unpaired) electrons. The number of aromatic hydroxyl groups is 1. The lowest BCUT2D eigenvalue weighted by molar-refractivity contribution is -0.114. The number of hydrogen-bond donors (Lipinski definition) is 3. The smallest absolute Gasteiger partial charge is 0.252 e. The fourth-order valence-corrected chi connectivity index (χ4v) is 1.32. The molecule has 1 aromatic heterocycles. The van der Waals surface area contributed by atoms with Crippen molar-refractivity contribution in [3.63, 3.8) is 0 Å². The van der Waals surface area contributed by atoms with Gasteiger partial charge in [-0.1, -0.05) is 13.3 Å². The quantitative estimate of drug-likeness (QED) is 0.687. The number of anilines is 1. The summed E-state index contributed by atoms with van der Waals surface area (Å²) in [6, 6.07) is 1.28. The lowest BCUT2D eigenvalue weighted by atomic mass is 10.2. The molecule has 2 amide bonds. The molecule has 0 atom stereocenters. The first-order valence-electron chi connectivity index (χ1n) is 5.79. The summed E-state index contributed by atoms with van der Waals surface area (Å²) >= 11 is 0.